The largest absolute Gasteiger partial charge is 0.462 e. The Morgan fingerprint density at radius 3 is 2.89 bits per heavy atom. The van der Waals surface area contributed by atoms with Crippen LogP contribution in [0.1, 0.15) is 46.5 Å². The summed E-state index contributed by atoms with van der Waals surface area (Å²) >= 11 is 0. The lowest BCUT2D eigenvalue weighted by Crippen LogP contribution is -2.19. The molecule has 1 aliphatic heterocycles. The number of hydrogen-bond donors (Lipinski definition) is 1. The van der Waals surface area contributed by atoms with Gasteiger partial charge in [-0.3, -0.25) is 4.79 Å². The summed E-state index contributed by atoms with van der Waals surface area (Å²) in [5.41, 5.74) is 1.42. The second-order valence-corrected chi connectivity index (χ2v) is 5.97. The normalized spacial score (nSPS) is 37.6. The van der Waals surface area contributed by atoms with Gasteiger partial charge in [-0.25, -0.2) is 0 Å². The Morgan fingerprint density at radius 2 is 2.22 bits per heavy atom. The zero-order valence-electron chi connectivity index (χ0n) is 11.6. The van der Waals surface area contributed by atoms with Gasteiger partial charge in [-0.1, -0.05) is 25.5 Å². The summed E-state index contributed by atoms with van der Waals surface area (Å²) in [6.45, 7) is 6.01. The van der Waals surface area contributed by atoms with E-state index in [2.05, 4.69) is 13.0 Å². The third kappa shape index (κ3) is 2.77. The van der Waals surface area contributed by atoms with Crippen LogP contribution < -0.4 is 0 Å². The zero-order chi connectivity index (χ0) is 13.3. The molecule has 5 atom stereocenters. The molecule has 0 saturated carbocycles. The van der Waals surface area contributed by atoms with Gasteiger partial charge in [0.05, 0.1) is 12.0 Å². The average molecular weight is 252 g/mol. The van der Waals surface area contributed by atoms with E-state index in [0.717, 1.165) is 25.7 Å². The summed E-state index contributed by atoms with van der Waals surface area (Å²) < 4.78 is 5.48. The highest BCUT2D eigenvalue weighted by Crippen LogP contribution is 2.39. The molecule has 0 aromatic heterocycles. The van der Waals surface area contributed by atoms with Crippen LogP contribution >= 0.6 is 0 Å². The highest BCUT2D eigenvalue weighted by molar-refractivity contribution is 5.74. The van der Waals surface area contributed by atoms with E-state index in [4.69, 9.17) is 4.74 Å². The zero-order valence-corrected chi connectivity index (χ0v) is 11.6. The van der Waals surface area contributed by atoms with Gasteiger partial charge < -0.3 is 9.84 Å². The van der Waals surface area contributed by atoms with Gasteiger partial charge in [0.2, 0.25) is 0 Å². The van der Waals surface area contributed by atoms with Gasteiger partial charge in [0.1, 0.15) is 6.10 Å². The Morgan fingerprint density at radius 1 is 1.50 bits per heavy atom. The molecule has 1 heterocycles. The smallest absolute Gasteiger partial charge is 0.309 e. The van der Waals surface area contributed by atoms with Gasteiger partial charge in [-0.15, -0.1) is 0 Å². The third-order valence-electron chi connectivity index (χ3n) is 4.48. The van der Waals surface area contributed by atoms with Crippen molar-refractivity contribution in [2.24, 2.45) is 17.8 Å². The number of allylic oxidation sites excluding steroid dienone is 2. The topological polar surface area (TPSA) is 46.5 Å². The first-order valence-corrected chi connectivity index (χ1v) is 7.06. The van der Waals surface area contributed by atoms with Crippen LogP contribution in [0.25, 0.3) is 0 Å². The first-order valence-electron chi connectivity index (χ1n) is 7.06. The van der Waals surface area contributed by atoms with Crippen LogP contribution in [0.15, 0.2) is 11.6 Å². The van der Waals surface area contributed by atoms with Crippen molar-refractivity contribution in [3.8, 4) is 0 Å². The number of hydrogen-bond acceptors (Lipinski definition) is 3. The summed E-state index contributed by atoms with van der Waals surface area (Å²) in [7, 11) is 0. The second kappa shape index (κ2) is 5.43. The van der Waals surface area contributed by atoms with Crippen LogP contribution in [0.5, 0.6) is 0 Å². The monoisotopic (exact) mass is 252 g/mol. The summed E-state index contributed by atoms with van der Waals surface area (Å²) in [5, 5.41) is 9.38. The molecule has 1 aliphatic carbocycles. The number of fused-ring (bicyclic) bond motifs is 1. The average Bonchev–Trinajstić information content (AvgIpc) is 2.46. The molecule has 1 fully saturated rings. The molecule has 3 heteroatoms. The van der Waals surface area contributed by atoms with E-state index in [0.29, 0.717) is 11.8 Å². The SMILES string of the molecule is CC(O)CCC1=CC[C@@H]2C(C)C(=O)O[C@@H]2C[C@@H]1C. The van der Waals surface area contributed by atoms with Crippen LogP contribution in [-0.2, 0) is 9.53 Å². The molecule has 0 amide bonds. The Kier molecular flexibility index (Phi) is 4.10. The third-order valence-corrected chi connectivity index (χ3v) is 4.48. The summed E-state index contributed by atoms with van der Waals surface area (Å²) in [6, 6.07) is 0. The molecule has 2 unspecified atom stereocenters. The molecule has 3 nitrogen and oxygen atoms in total. The molecule has 18 heavy (non-hydrogen) atoms. The van der Waals surface area contributed by atoms with E-state index in [-0.39, 0.29) is 24.1 Å². The van der Waals surface area contributed by atoms with E-state index in [1.807, 2.05) is 13.8 Å². The minimum Gasteiger partial charge on any atom is -0.462 e. The standard InChI is InChI=1S/C15H24O3/c1-9-8-14-13(11(3)15(17)18-14)7-6-12(9)5-4-10(2)16/h6,9-11,13-14,16H,4-5,7-8H2,1-3H3/t9-,10?,11?,13+,14+/m0/s1. The molecule has 0 aromatic rings. The van der Waals surface area contributed by atoms with Crippen molar-refractivity contribution < 1.29 is 14.6 Å². The van der Waals surface area contributed by atoms with Gasteiger partial charge >= 0.3 is 5.97 Å². The minimum absolute atomic E-state index is 0.0296. The first-order chi connectivity index (χ1) is 8.49. The van der Waals surface area contributed by atoms with Crippen molar-refractivity contribution in [2.45, 2.75) is 58.7 Å². The number of aliphatic hydroxyl groups excluding tert-OH is 1. The first kappa shape index (κ1) is 13.6. The number of ether oxygens (including phenoxy) is 1. The van der Waals surface area contributed by atoms with E-state index in [1.54, 1.807) is 0 Å². The number of aliphatic hydroxyl groups is 1. The molecule has 0 radical (unpaired) electrons. The van der Waals surface area contributed by atoms with Gasteiger partial charge in [0.25, 0.3) is 0 Å². The molecule has 0 aromatic carbocycles. The van der Waals surface area contributed by atoms with Gasteiger partial charge in [-0.05, 0) is 38.5 Å². The predicted octanol–water partition coefficient (Wildman–Crippen LogP) is 2.68. The maximum atomic E-state index is 11.6. The van der Waals surface area contributed by atoms with Crippen molar-refractivity contribution in [2.75, 3.05) is 0 Å². The number of carbonyl (C=O) groups is 1. The molecule has 0 spiro atoms. The lowest BCUT2D eigenvalue weighted by Gasteiger charge is -2.19. The summed E-state index contributed by atoms with van der Waals surface area (Å²) in [5.74, 6) is 0.813. The predicted molar refractivity (Wildman–Crippen MR) is 69.9 cm³/mol. The van der Waals surface area contributed by atoms with Crippen molar-refractivity contribution in [1.29, 1.82) is 0 Å². The van der Waals surface area contributed by atoms with E-state index in [9.17, 15) is 9.90 Å². The summed E-state index contributed by atoms with van der Waals surface area (Å²) in [6.07, 6.45) is 5.81. The fraction of sp³-hybridized carbons (Fsp3) is 0.800. The molecule has 102 valence electrons. The molecule has 2 rings (SSSR count). The van der Waals surface area contributed by atoms with Crippen LogP contribution in [0.3, 0.4) is 0 Å². The van der Waals surface area contributed by atoms with Crippen LogP contribution in [-0.4, -0.2) is 23.3 Å². The van der Waals surface area contributed by atoms with Crippen LogP contribution in [0, 0.1) is 17.8 Å². The maximum absolute atomic E-state index is 11.6. The minimum atomic E-state index is -0.238. The number of carbonyl (C=O) groups excluding carboxylic acids is 1. The highest BCUT2D eigenvalue weighted by atomic mass is 16.6. The van der Waals surface area contributed by atoms with Gasteiger partial charge in [-0.2, -0.15) is 0 Å². The Labute approximate surface area is 109 Å². The van der Waals surface area contributed by atoms with Crippen molar-refractivity contribution in [3.05, 3.63) is 11.6 Å². The maximum Gasteiger partial charge on any atom is 0.309 e. The molecular weight excluding hydrogens is 228 g/mol. The Balaban J connectivity index is 2.03. The van der Waals surface area contributed by atoms with E-state index < -0.39 is 0 Å². The van der Waals surface area contributed by atoms with E-state index in [1.165, 1.54) is 5.57 Å². The lowest BCUT2D eigenvalue weighted by molar-refractivity contribution is -0.144. The van der Waals surface area contributed by atoms with Crippen molar-refractivity contribution in [3.63, 3.8) is 0 Å². The van der Waals surface area contributed by atoms with Crippen molar-refractivity contribution in [1.82, 2.24) is 0 Å². The highest BCUT2D eigenvalue weighted by Gasteiger charge is 2.42. The Hall–Kier alpha value is -0.830. The molecule has 1 N–H and O–H groups in total. The number of esters is 1. The molecule has 0 bridgehead atoms. The van der Waals surface area contributed by atoms with Crippen LogP contribution in [0.2, 0.25) is 0 Å². The van der Waals surface area contributed by atoms with Crippen LogP contribution in [0.4, 0.5) is 0 Å². The van der Waals surface area contributed by atoms with Gasteiger partial charge in [0.15, 0.2) is 0 Å². The lowest BCUT2D eigenvalue weighted by atomic mass is 9.87. The number of rotatable bonds is 3. The van der Waals surface area contributed by atoms with Crippen molar-refractivity contribution >= 4 is 5.97 Å². The molecule has 1 saturated heterocycles. The molecular formula is C15H24O3. The van der Waals surface area contributed by atoms with E-state index >= 15 is 0 Å². The fourth-order valence-corrected chi connectivity index (χ4v) is 3.13. The fourth-order valence-electron chi connectivity index (χ4n) is 3.13. The summed E-state index contributed by atoms with van der Waals surface area (Å²) in [4.78, 5) is 11.6. The van der Waals surface area contributed by atoms with Gasteiger partial charge in [0, 0.05) is 5.92 Å². The second-order valence-electron chi connectivity index (χ2n) is 5.97. The quantitative estimate of drug-likeness (QED) is 0.620. The molecule has 2 aliphatic rings. The Bertz CT molecular complexity index is 346.